The molecule has 0 bridgehead atoms. The molecule has 0 atom stereocenters. The average Bonchev–Trinajstić information content (AvgIpc) is 3.17. The summed E-state index contributed by atoms with van der Waals surface area (Å²) in [4.78, 5) is 34.3. The number of aliphatic imine (C=N–C) groups is 1. The van der Waals surface area contributed by atoms with Crippen LogP contribution in [0.2, 0.25) is 5.02 Å². The predicted octanol–water partition coefficient (Wildman–Crippen LogP) is 4.03. The molecule has 0 unspecified atom stereocenters. The van der Waals surface area contributed by atoms with Crippen molar-refractivity contribution in [2.75, 3.05) is 14.2 Å². The van der Waals surface area contributed by atoms with Crippen molar-refractivity contribution in [2.45, 2.75) is 6.92 Å². The average molecular weight is 468 g/mol. The Morgan fingerprint density at radius 2 is 1.85 bits per heavy atom. The van der Waals surface area contributed by atoms with Gasteiger partial charge in [-0.2, -0.15) is 4.99 Å². The lowest BCUT2D eigenvalue weighted by atomic mass is 10.1. The van der Waals surface area contributed by atoms with Gasteiger partial charge in [0.15, 0.2) is 23.2 Å². The molecule has 0 radical (unpaired) electrons. The summed E-state index contributed by atoms with van der Waals surface area (Å²) in [6, 6.07) is 9.25. The van der Waals surface area contributed by atoms with Crippen molar-refractivity contribution in [3.8, 4) is 17.2 Å². The summed E-state index contributed by atoms with van der Waals surface area (Å²) in [5.74, 6) is 0.438. The molecule has 33 heavy (non-hydrogen) atoms. The molecular weight excluding hydrogens is 450 g/mol. The summed E-state index contributed by atoms with van der Waals surface area (Å²) in [6.45, 7) is 1.70. The lowest BCUT2D eigenvalue weighted by molar-refractivity contribution is -0.114. The van der Waals surface area contributed by atoms with Crippen molar-refractivity contribution in [1.29, 1.82) is 5.41 Å². The molecule has 0 aliphatic carbocycles. The van der Waals surface area contributed by atoms with Crippen LogP contribution in [0.3, 0.4) is 0 Å². The number of esters is 1. The third-order valence-corrected chi connectivity index (χ3v) is 5.06. The number of rotatable bonds is 5. The standard InChI is InChI=1S/C23H18ClN3O6/c1-12-8-20-26-22(28)15(21(25)27(20)33-12)9-13-4-6-17(16(24)10-13)32-23(29)14-5-7-18(30-2)19(11-14)31-3/h4-11,25H,1-3H3/b15-9+,25-21?. The smallest absolute Gasteiger partial charge is 0.343 e. The Morgan fingerprint density at radius 1 is 1.12 bits per heavy atom. The molecule has 2 heterocycles. The number of hydroxylamine groups is 2. The first-order valence-electron chi connectivity index (χ1n) is 9.64. The fourth-order valence-electron chi connectivity index (χ4n) is 3.18. The molecule has 10 heteroatoms. The van der Waals surface area contributed by atoms with E-state index >= 15 is 0 Å². The molecule has 0 saturated heterocycles. The van der Waals surface area contributed by atoms with E-state index in [1.807, 2.05) is 0 Å². The maximum absolute atomic E-state index is 12.6. The number of ether oxygens (including phenoxy) is 3. The van der Waals surface area contributed by atoms with Gasteiger partial charge in [0.05, 0.1) is 30.4 Å². The molecule has 4 rings (SSSR count). The van der Waals surface area contributed by atoms with Crippen molar-refractivity contribution in [1.82, 2.24) is 5.06 Å². The number of nitrogens with zero attached hydrogens (tertiary/aromatic N) is 2. The first-order valence-corrected chi connectivity index (χ1v) is 10.0. The van der Waals surface area contributed by atoms with Crippen molar-refractivity contribution >= 4 is 41.2 Å². The maximum Gasteiger partial charge on any atom is 0.343 e. The van der Waals surface area contributed by atoms with Crippen LogP contribution in [-0.2, 0) is 9.63 Å². The first kappa shape index (κ1) is 22.1. The number of carbonyl (C=O) groups is 2. The lowest BCUT2D eigenvalue weighted by Gasteiger charge is -2.23. The quantitative estimate of drug-likeness (QED) is 0.401. The van der Waals surface area contributed by atoms with Crippen LogP contribution < -0.4 is 14.2 Å². The second kappa shape index (κ2) is 8.79. The molecule has 2 aliphatic heterocycles. The number of allylic oxidation sites excluding steroid dienone is 1. The van der Waals surface area contributed by atoms with Gasteiger partial charge in [-0.1, -0.05) is 17.7 Å². The van der Waals surface area contributed by atoms with Gasteiger partial charge in [0.25, 0.3) is 5.91 Å². The summed E-state index contributed by atoms with van der Waals surface area (Å²) in [5.41, 5.74) is 0.800. The van der Waals surface area contributed by atoms with Crippen LogP contribution in [0.5, 0.6) is 17.2 Å². The molecule has 2 aliphatic rings. The fourth-order valence-corrected chi connectivity index (χ4v) is 3.41. The van der Waals surface area contributed by atoms with Gasteiger partial charge in [-0.05, 0) is 48.9 Å². The highest BCUT2D eigenvalue weighted by molar-refractivity contribution is 6.33. The predicted molar refractivity (Wildman–Crippen MR) is 121 cm³/mol. The lowest BCUT2D eigenvalue weighted by Crippen LogP contribution is -2.38. The van der Waals surface area contributed by atoms with Crippen molar-refractivity contribution in [3.05, 3.63) is 70.0 Å². The minimum absolute atomic E-state index is 0.0352. The van der Waals surface area contributed by atoms with E-state index in [1.54, 1.807) is 31.2 Å². The molecule has 168 valence electrons. The van der Waals surface area contributed by atoms with Crippen LogP contribution in [0, 0.1) is 5.41 Å². The fraction of sp³-hybridized carbons (Fsp3) is 0.130. The molecule has 0 aromatic heterocycles. The van der Waals surface area contributed by atoms with Crippen LogP contribution in [0.1, 0.15) is 22.8 Å². The Balaban J connectivity index is 1.54. The zero-order valence-electron chi connectivity index (χ0n) is 17.8. The largest absolute Gasteiger partial charge is 0.493 e. The van der Waals surface area contributed by atoms with E-state index in [-0.39, 0.29) is 33.6 Å². The Hall–Kier alpha value is -4.11. The zero-order chi connectivity index (χ0) is 23.7. The second-order valence-corrected chi connectivity index (χ2v) is 7.38. The Bertz CT molecular complexity index is 1280. The van der Waals surface area contributed by atoms with Gasteiger partial charge in [-0.3, -0.25) is 10.2 Å². The second-order valence-electron chi connectivity index (χ2n) is 6.97. The highest BCUT2D eigenvalue weighted by atomic mass is 35.5. The highest BCUT2D eigenvalue weighted by Gasteiger charge is 2.34. The van der Waals surface area contributed by atoms with Crippen LogP contribution >= 0.6 is 11.6 Å². The molecule has 0 fully saturated rings. The molecule has 1 N–H and O–H groups in total. The van der Waals surface area contributed by atoms with Crippen LogP contribution in [0.4, 0.5) is 0 Å². The Labute approximate surface area is 193 Å². The molecular formula is C23H18ClN3O6. The van der Waals surface area contributed by atoms with E-state index in [0.29, 0.717) is 22.8 Å². The monoisotopic (exact) mass is 467 g/mol. The number of amidine groups is 2. The van der Waals surface area contributed by atoms with Gasteiger partial charge >= 0.3 is 5.97 Å². The van der Waals surface area contributed by atoms with E-state index in [9.17, 15) is 9.59 Å². The number of nitrogens with one attached hydrogen (secondary N) is 1. The molecule has 0 spiro atoms. The third-order valence-electron chi connectivity index (χ3n) is 4.77. The molecule has 9 nitrogen and oxygen atoms in total. The molecule has 2 aromatic rings. The highest BCUT2D eigenvalue weighted by Crippen LogP contribution is 2.31. The summed E-state index contributed by atoms with van der Waals surface area (Å²) < 4.78 is 15.8. The number of amides is 1. The van der Waals surface area contributed by atoms with E-state index in [0.717, 1.165) is 0 Å². The Kier molecular flexibility index (Phi) is 5.89. The molecule has 2 aromatic carbocycles. The molecule has 0 saturated carbocycles. The zero-order valence-corrected chi connectivity index (χ0v) is 18.6. The van der Waals surface area contributed by atoms with Crippen molar-refractivity contribution in [3.63, 3.8) is 0 Å². The van der Waals surface area contributed by atoms with Gasteiger partial charge in [-0.15, -0.1) is 5.06 Å². The minimum atomic E-state index is -0.635. The van der Waals surface area contributed by atoms with Crippen LogP contribution in [0.25, 0.3) is 6.08 Å². The van der Waals surface area contributed by atoms with Crippen LogP contribution in [-0.4, -0.2) is 42.8 Å². The Morgan fingerprint density at radius 3 is 2.55 bits per heavy atom. The SMILES string of the molecule is COc1ccc(C(=O)Oc2ccc(/C=C3\C(=N)N4OC(C)=CC4=NC3=O)cc2Cl)cc1OC. The number of halogens is 1. The van der Waals surface area contributed by atoms with E-state index in [2.05, 4.69) is 4.99 Å². The topological polar surface area (TPSA) is 111 Å². The maximum atomic E-state index is 12.6. The summed E-state index contributed by atoms with van der Waals surface area (Å²) in [6.07, 6.45) is 3.04. The van der Waals surface area contributed by atoms with Gasteiger partial charge in [-0.25, -0.2) is 4.79 Å². The van der Waals surface area contributed by atoms with Crippen molar-refractivity contribution in [2.24, 2.45) is 4.99 Å². The molecule has 1 amide bonds. The van der Waals surface area contributed by atoms with Crippen LogP contribution in [0.15, 0.2) is 58.8 Å². The summed E-state index contributed by atoms with van der Waals surface area (Å²) in [7, 11) is 2.96. The minimum Gasteiger partial charge on any atom is -0.493 e. The van der Waals surface area contributed by atoms with E-state index in [4.69, 9.17) is 36.1 Å². The van der Waals surface area contributed by atoms with Gasteiger partial charge in [0.1, 0.15) is 11.5 Å². The normalized spacial score (nSPS) is 16.1. The number of methoxy groups -OCH3 is 2. The number of benzene rings is 2. The number of hydrogen-bond donors (Lipinski definition) is 1. The van der Waals surface area contributed by atoms with E-state index in [1.165, 1.54) is 43.6 Å². The van der Waals surface area contributed by atoms with Gasteiger partial charge in [0, 0.05) is 6.08 Å². The van der Waals surface area contributed by atoms with E-state index < -0.39 is 11.9 Å². The first-order chi connectivity index (χ1) is 15.8. The summed E-state index contributed by atoms with van der Waals surface area (Å²) in [5, 5.41) is 9.58. The summed E-state index contributed by atoms with van der Waals surface area (Å²) >= 11 is 6.31. The van der Waals surface area contributed by atoms with Gasteiger partial charge < -0.3 is 19.0 Å². The van der Waals surface area contributed by atoms with Crippen molar-refractivity contribution < 1.29 is 28.6 Å². The number of fused-ring (bicyclic) bond motifs is 1. The van der Waals surface area contributed by atoms with Gasteiger partial charge in [0.2, 0.25) is 0 Å². The number of hydrogen-bond acceptors (Lipinski definition) is 7. The number of carbonyl (C=O) groups excluding carboxylic acids is 2. The third kappa shape index (κ3) is 4.31.